The van der Waals surface area contributed by atoms with Crippen LogP contribution in [0.15, 0.2) is 49.3 Å². The summed E-state index contributed by atoms with van der Waals surface area (Å²) in [5.74, 6) is 2.65. The molecule has 1 saturated heterocycles. The number of aromatic nitrogens is 4. The van der Waals surface area contributed by atoms with Gasteiger partial charge in [-0.05, 0) is 37.0 Å². The molecule has 3 amide bonds. The monoisotopic (exact) mass is 546 g/mol. The van der Waals surface area contributed by atoms with Gasteiger partial charge in [-0.25, -0.2) is 19.7 Å². The molecular weight excluding hydrogens is 512 g/mol. The molecule has 3 aliphatic rings. The lowest BCUT2D eigenvalue weighted by atomic mass is 9.95. The van der Waals surface area contributed by atoms with E-state index in [1.165, 1.54) is 12.7 Å². The summed E-state index contributed by atoms with van der Waals surface area (Å²) in [5.41, 5.74) is 1.04. The lowest BCUT2D eigenvalue weighted by Crippen LogP contribution is -2.63. The molecule has 1 aromatic carbocycles. The van der Waals surface area contributed by atoms with E-state index in [9.17, 15) is 9.59 Å². The van der Waals surface area contributed by atoms with E-state index in [1.54, 1.807) is 22.0 Å². The lowest BCUT2D eigenvalue weighted by Gasteiger charge is -2.41. The van der Waals surface area contributed by atoms with Crippen molar-refractivity contribution < 1.29 is 19.1 Å². The van der Waals surface area contributed by atoms with E-state index in [1.807, 2.05) is 35.4 Å². The van der Waals surface area contributed by atoms with E-state index in [-0.39, 0.29) is 24.8 Å². The Morgan fingerprint density at radius 2 is 1.85 bits per heavy atom. The van der Waals surface area contributed by atoms with Crippen molar-refractivity contribution in [2.75, 3.05) is 37.9 Å². The van der Waals surface area contributed by atoms with E-state index in [2.05, 4.69) is 25.6 Å². The number of urea groups is 1. The number of ether oxygens (including phenoxy) is 2. The highest BCUT2D eigenvalue weighted by atomic mass is 16.7. The number of hydrogen-bond donors (Lipinski definition) is 2. The Morgan fingerprint density at radius 3 is 2.70 bits per heavy atom. The second kappa shape index (κ2) is 11.8. The van der Waals surface area contributed by atoms with Gasteiger partial charge in [-0.15, -0.1) is 0 Å². The maximum atomic E-state index is 13.6. The van der Waals surface area contributed by atoms with Crippen LogP contribution in [-0.2, 0) is 11.2 Å². The molecule has 2 aliphatic heterocycles. The normalized spacial score (nSPS) is 18.9. The average molecular weight is 547 g/mol. The summed E-state index contributed by atoms with van der Waals surface area (Å²) in [4.78, 5) is 43.6. The number of carbonyl (C=O) groups is 2. The fourth-order valence-corrected chi connectivity index (χ4v) is 5.55. The molecule has 0 spiro atoms. The molecule has 2 N–H and O–H groups in total. The van der Waals surface area contributed by atoms with Crippen LogP contribution >= 0.6 is 0 Å². The molecule has 1 atom stereocenters. The number of hydrogen-bond acceptors (Lipinski definition) is 8. The number of benzene rings is 1. The van der Waals surface area contributed by atoms with Crippen LogP contribution in [0.5, 0.6) is 11.5 Å². The van der Waals surface area contributed by atoms with Gasteiger partial charge < -0.3 is 29.9 Å². The standard InChI is InChI=1S/C28H34N8O4/c37-27(30-9-8-20-6-7-23-24(14-20)40-19-39-23)22-16-34(25-15-26(32-17-31-25)35-11-10-29-18-35)12-13-36(22)28(38)33-21-4-2-1-3-5-21/h6-7,10-11,14-15,17-18,21-22H,1-5,8-9,12-13,16,19H2,(H,30,37)(H,33,38). The predicted molar refractivity (Wildman–Crippen MR) is 147 cm³/mol. The molecule has 12 heteroatoms. The van der Waals surface area contributed by atoms with Gasteiger partial charge in [0.05, 0.1) is 0 Å². The first-order valence-electron chi connectivity index (χ1n) is 13.9. The third-order valence-electron chi connectivity index (χ3n) is 7.76. The Balaban J connectivity index is 1.15. The highest BCUT2D eigenvalue weighted by Crippen LogP contribution is 2.32. The average Bonchev–Trinajstić information content (AvgIpc) is 3.70. The van der Waals surface area contributed by atoms with Crippen molar-refractivity contribution in [2.45, 2.75) is 50.6 Å². The first-order valence-corrected chi connectivity index (χ1v) is 13.9. The van der Waals surface area contributed by atoms with Crippen LogP contribution in [0, 0.1) is 0 Å². The van der Waals surface area contributed by atoms with E-state index in [0.717, 1.165) is 42.7 Å². The zero-order valence-electron chi connectivity index (χ0n) is 22.4. The van der Waals surface area contributed by atoms with Crippen molar-refractivity contribution in [3.05, 3.63) is 54.9 Å². The van der Waals surface area contributed by atoms with Gasteiger partial charge >= 0.3 is 6.03 Å². The first-order chi connectivity index (χ1) is 19.6. The quantitative estimate of drug-likeness (QED) is 0.462. The Kier molecular flexibility index (Phi) is 7.64. The Bertz CT molecular complexity index is 1330. The van der Waals surface area contributed by atoms with Crippen LogP contribution in [0.2, 0.25) is 0 Å². The topological polar surface area (TPSA) is 127 Å². The number of anilines is 1. The van der Waals surface area contributed by atoms with E-state index in [4.69, 9.17) is 9.47 Å². The molecule has 40 heavy (non-hydrogen) atoms. The number of nitrogens with one attached hydrogen (secondary N) is 2. The zero-order chi connectivity index (χ0) is 27.3. The van der Waals surface area contributed by atoms with Crippen LogP contribution in [0.1, 0.15) is 37.7 Å². The van der Waals surface area contributed by atoms with Gasteiger partial charge in [0.25, 0.3) is 0 Å². The molecule has 1 aliphatic carbocycles. The Morgan fingerprint density at radius 1 is 1.00 bits per heavy atom. The maximum absolute atomic E-state index is 13.6. The fraction of sp³-hybridized carbons (Fsp3) is 0.464. The van der Waals surface area contributed by atoms with E-state index < -0.39 is 6.04 Å². The van der Waals surface area contributed by atoms with Crippen molar-refractivity contribution in [2.24, 2.45) is 0 Å². The predicted octanol–water partition coefficient (Wildman–Crippen LogP) is 2.28. The van der Waals surface area contributed by atoms with Crippen molar-refractivity contribution >= 4 is 17.8 Å². The Hall–Kier alpha value is -4.35. The number of nitrogens with zero attached hydrogens (tertiary/aromatic N) is 6. The van der Waals surface area contributed by atoms with Crippen LogP contribution < -0.4 is 25.0 Å². The molecule has 2 fully saturated rings. The van der Waals surface area contributed by atoms with Crippen LogP contribution in [0.4, 0.5) is 10.6 Å². The lowest BCUT2D eigenvalue weighted by molar-refractivity contribution is -0.125. The smallest absolute Gasteiger partial charge is 0.318 e. The molecule has 6 rings (SSSR count). The van der Waals surface area contributed by atoms with Crippen molar-refractivity contribution in [3.8, 4) is 17.3 Å². The summed E-state index contributed by atoms with van der Waals surface area (Å²) in [6.45, 7) is 1.95. The summed E-state index contributed by atoms with van der Waals surface area (Å²) < 4.78 is 12.7. The number of imidazole rings is 1. The maximum Gasteiger partial charge on any atom is 0.318 e. The second-order valence-corrected chi connectivity index (χ2v) is 10.4. The largest absolute Gasteiger partial charge is 0.454 e. The molecule has 2 aromatic heterocycles. The molecule has 1 saturated carbocycles. The number of fused-ring (bicyclic) bond motifs is 1. The summed E-state index contributed by atoms with van der Waals surface area (Å²) in [7, 11) is 0. The highest BCUT2D eigenvalue weighted by Gasteiger charge is 2.36. The first kappa shape index (κ1) is 25.9. The molecule has 1 unspecified atom stereocenters. The van der Waals surface area contributed by atoms with Crippen LogP contribution in [0.25, 0.3) is 5.82 Å². The van der Waals surface area contributed by atoms with Crippen molar-refractivity contribution in [3.63, 3.8) is 0 Å². The van der Waals surface area contributed by atoms with Gasteiger partial charge in [0.2, 0.25) is 12.7 Å². The highest BCUT2D eigenvalue weighted by molar-refractivity contribution is 5.88. The number of amides is 3. The van der Waals surface area contributed by atoms with Gasteiger partial charge in [0.1, 0.15) is 30.3 Å². The van der Waals surface area contributed by atoms with Gasteiger partial charge in [0, 0.05) is 50.7 Å². The molecule has 0 bridgehead atoms. The zero-order valence-corrected chi connectivity index (χ0v) is 22.4. The number of carbonyl (C=O) groups excluding carboxylic acids is 2. The second-order valence-electron chi connectivity index (χ2n) is 10.4. The van der Waals surface area contributed by atoms with E-state index in [0.29, 0.717) is 44.2 Å². The summed E-state index contributed by atoms with van der Waals surface area (Å²) in [5, 5.41) is 6.25. The van der Waals surface area contributed by atoms with Crippen LogP contribution in [-0.4, -0.2) is 81.4 Å². The van der Waals surface area contributed by atoms with Crippen molar-refractivity contribution in [1.82, 2.24) is 35.1 Å². The van der Waals surface area contributed by atoms with E-state index >= 15 is 0 Å². The molecule has 12 nitrogen and oxygen atoms in total. The van der Waals surface area contributed by atoms with Gasteiger partial charge in [-0.2, -0.15) is 0 Å². The van der Waals surface area contributed by atoms with Gasteiger partial charge in [-0.1, -0.05) is 25.3 Å². The fourth-order valence-electron chi connectivity index (χ4n) is 5.55. The third kappa shape index (κ3) is 5.80. The minimum atomic E-state index is -0.666. The third-order valence-corrected chi connectivity index (χ3v) is 7.76. The number of piperazine rings is 1. The Labute approximate surface area is 232 Å². The van der Waals surface area contributed by atoms with Crippen molar-refractivity contribution in [1.29, 1.82) is 0 Å². The minimum Gasteiger partial charge on any atom is -0.454 e. The summed E-state index contributed by atoms with van der Waals surface area (Å²) in [6, 6.07) is 6.98. The summed E-state index contributed by atoms with van der Waals surface area (Å²) in [6.07, 6.45) is 12.7. The SMILES string of the molecule is O=C(NCCc1ccc2c(c1)OCO2)C1CN(c2cc(-n3ccnc3)ncn2)CCN1C(=O)NC1CCCCC1. The molecule has 0 radical (unpaired) electrons. The van der Waals surface area contributed by atoms with Crippen LogP contribution in [0.3, 0.4) is 0 Å². The molecule has 4 heterocycles. The molecule has 210 valence electrons. The number of rotatable bonds is 7. The summed E-state index contributed by atoms with van der Waals surface area (Å²) >= 11 is 0. The van der Waals surface area contributed by atoms with Gasteiger partial charge in [-0.3, -0.25) is 9.36 Å². The molecule has 3 aromatic rings. The minimum absolute atomic E-state index is 0.161. The molecular formula is C28H34N8O4. The van der Waals surface area contributed by atoms with Gasteiger partial charge in [0.15, 0.2) is 11.5 Å².